The summed E-state index contributed by atoms with van der Waals surface area (Å²) in [6.07, 6.45) is 6.27. The Balaban J connectivity index is 1.27. The van der Waals surface area contributed by atoms with Gasteiger partial charge in [-0.2, -0.15) is 0 Å². The molecule has 2 aromatic rings. The van der Waals surface area contributed by atoms with Crippen LogP contribution >= 0.6 is 11.3 Å². The third-order valence-electron chi connectivity index (χ3n) is 4.84. The van der Waals surface area contributed by atoms with Crippen LogP contribution in [0.25, 0.3) is 0 Å². The number of hydrogen-bond donors (Lipinski definition) is 1. The first-order valence-electron chi connectivity index (χ1n) is 7.87. The summed E-state index contributed by atoms with van der Waals surface area (Å²) in [4.78, 5) is 3.11. The van der Waals surface area contributed by atoms with E-state index in [-0.39, 0.29) is 5.82 Å². The molecule has 0 atom stereocenters. The van der Waals surface area contributed by atoms with E-state index in [2.05, 4.69) is 11.4 Å². The molecule has 0 aliphatic heterocycles. The number of hydrogen-bond acceptors (Lipinski definition) is 2. The van der Waals surface area contributed by atoms with Crippen molar-refractivity contribution < 1.29 is 4.39 Å². The van der Waals surface area contributed by atoms with E-state index >= 15 is 0 Å². The van der Waals surface area contributed by atoms with Crippen LogP contribution in [0.15, 0.2) is 30.3 Å². The van der Waals surface area contributed by atoms with E-state index in [4.69, 9.17) is 0 Å². The Morgan fingerprint density at radius 3 is 2.71 bits per heavy atom. The fourth-order valence-corrected chi connectivity index (χ4v) is 4.73. The highest BCUT2D eigenvalue weighted by atomic mass is 32.1. The Morgan fingerprint density at radius 2 is 1.95 bits per heavy atom. The zero-order valence-electron chi connectivity index (χ0n) is 12.1. The summed E-state index contributed by atoms with van der Waals surface area (Å²) < 4.78 is 12.9. The van der Waals surface area contributed by atoms with E-state index in [1.165, 1.54) is 42.5 Å². The predicted molar refractivity (Wildman–Crippen MR) is 85.3 cm³/mol. The molecule has 21 heavy (non-hydrogen) atoms. The van der Waals surface area contributed by atoms with Crippen LogP contribution in [0.5, 0.6) is 0 Å². The fourth-order valence-electron chi connectivity index (χ4n) is 3.51. The zero-order valence-corrected chi connectivity index (χ0v) is 12.9. The first kappa shape index (κ1) is 13.5. The molecule has 1 fully saturated rings. The van der Waals surface area contributed by atoms with Gasteiger partial charge < -0.3 is 5.32 Å². The van der Waals surface area contributed by atoms with Crippen LogP contribution in [0.4, 0.5) is 4.39 Å². The molecule has 0 bridgehead atoms. The third kappa shape index (κ3) is 2.77. The van der Waals surface area contributed by atoms with Crippen molar-refractivity contribution in [3.05, 3.63) is 57.0 Å². The smallest absolute Gasteiger partial charge is 0.123 e. The molecule has 110 valence electrons. The number of nitrogens with one attached hydrogen (secondary N) is 1. The van der Waals surface area contributed by atoms with Gasteiger partial charge in [0, 0.05) is 22.3 Å². The highest BCUT2D eigenvalue weighted by Crippen LogP contribution is 2.37. The van der Waals surface area contributed by atoms with Crippen LogP contribution in [-0.2, 0) is 19.4 Å². The Kier molecular flexibility index (Phi) is 3.56. The van der Waals surface area contributed by atoms with Crippen molar-refractivity contribution in [1.82, 2.24) is 5.32 Å². The van der Waals surface area contributed by atoms with Crippen LogP contribution in [0.2, 0.25) is 0 Å². The maximum Gasteiger partial charge on any atom is 0.123 e. The van der Waals surface area contributed by atoms with Crippen molar-refractivity contribution in [2.24, 2.45) is 0 Å². The van der Waals surface area contributed by atoms with Crippen molar-refractivity contribution in [1.29, 1.82) is 0 Å². The van der Waals surface area contributed by atoms with Gasteiger partial charge in [-0.1, -0.05) is 12.1 Å². The number of fused-ring (bicyclic) bond motifs is 1. The molecule has 1 saturated carbocycles. The summed E-state index contributed by atoms with van der Waals surface area (Å²) in [5, 5.41) is 3.67. The molecule has 4 rings (SSSR count). The number of rotatable bonds is 4. The lowest BCUT2D eigenvalue weighted by Crippen LogP contribution is -2.39. The van der Waals surface area contributed by atoms with Gasteiger partial charge in [-0.05, 0) is 67.3 Å². The minimum atomic E-state index is -0.140. The van der Waals surface area contributed by atoms with Gasteiger partial charge in [0.1, 0.15) is 5.82 Å². The van der Waals surface area contributed by atoms with E-state index in [1.807, 2.05) is 23.5 Å². The van der Waals surface area contributed by atoms with Crippen molar-refractivity contribution >= 4 is 11.3 Å². The average molecular weight is 301 g/mol. The summed E-state index contributed by atoms with van der Waals surface area (Å²) in [6.45, 7) is 1.01. The predicted octanol–water partition coefficient (Wildman–Crippen LogP) is 4.41. The molecular weight excluding hydrogens is 281 g/mol. The van der Waals surface area contributed by atoms with Gasteiger partial charge >= 0.3 is 0 Å². The monoisotopic (exact) mass is 301 g/mol. The SMILES string of the molecule is Fc1ccc(C2CC(NCc3cc4c(s3)CCC4)C2)cc1. The first-order valence-corrected chi connectivity index (χ1v) is 8.69. The van der Waals surface area contributed by atoms with Crippen LogP contribution < -0.4 is 5.32 Å². The molecule has 1 aromatic heterocycles. The van der Waals surface area contributed by atoms with Gasteiger partial charge in [0.25, 0.3) is 0 Å². The van der Waals surface area contributed by atoms with E-state index in [0.717, 1.165) is 6.54 Å². The topological polar surface area (TPSA) is 12.0 Å². The Bertz CT molecular complexity index is 604. The summed E-state index contributed by atoms with van der Waals surface area (Å²) in [6, 6.07) is 10.0. The maximum absolute atomic E-state index is 12.9. The zero-order chi connectivity index (χ0) is 14.2. The second-order valence-corrected chi connectivity index (χ2v) is 7.53. The number of benzene rings is 1. The standard InChI is InChI=1S/C18H20FNS/c19-15-6-4-12(5-7-15)14-8-16(9-14)20-11-17-10-13-2-1-3-18(13)21-17/h4-7,10,14,16,20H,1-3,8-9,11H2. The quantitative estimate of drug-likeness (QED) is 0.882. The van der Waals surface area contributed by atoms with Crippen LogP contribution in [0.3, 0.4) is 0 Å². The Labute approximate surface area is 129 Å². The minimum absolute atomic E-state index is 0.140. The van der Waals surface area contributed by atoms with Crippen LogP contribution in [-0.4, -0.2) is 6.04 Å². The van der Waals surface area contributed by atoms with Gasteiger partial charge in [-0.3, -0.25) is 0 Å². The van der Waals surface area contributed by atoms with Gasteiger partial charge in [0.05, 0.1) is 0 Å². The van der Waals surface area contributed by atoms with E-state index in [1.54, 1.807) is 22.6 Å². The Hall–Kier alpha value is -1.19. The summed E-state index contributed by atoms with van der Waals surface area (Å²) in [5.41, 5.74) is 2.87. The molecule has 1 aromatic carbocycles. The second kappa shape index (κ2) is 5.54. The third-order valence-corrected chi connectivity index (χ3v) is 6.08. The lowest BCUT2D eigenvalue weighted by molar-refractivity contribution is 0.290. The van der Waals surface area contributed by atoms with Gasteiger partial charge in [-0.25, -0.2) is 4.39 Å². The normalized spacial score (nSPS) is 23.9. The molecule has 2 aliphatic carbocycles. The second-order valence-electron chi connectivity index (χ2n) is 6.31. The van der Waals surface area contributed by atoms with Crippen molar-refractivity contribution in [3.63, 3.8) is 0 Å². The highest BCUT2D eigenvalue weighted by Gasteiger charge is 2.30. The summed E-state index contributed by atoms with van der Waals surface area (Å²) in [5.74, 6) is 0.468. The minimum Gasteiger partial charge on any atom is -0.309 e. The summed E-state index contributed by atoms with van der Waals surface area (Å²) >= 11 is 1.99. The molecule has 1 heterocycles. The Morgan fingerprint density at radius 1 is 1.14 bits per heavy atom. The number of aryl methyl sites for hydroxylation is 2. The maximum atomic E-state index is 12.9. The average Bonchev–Trinajstić information content (AvgIpc) is 2.99. The molecule has 0 radical (unpaired) electrons. The lowest BCUT2D eigenvalue weighted by atomic mass is 9.76. The molecule has 1 nitrogen and oxygen atoms in total. The summed E-state index contributed by atoms with van der Waals surface area (Å²) in [7, 11) is 0. The van der Waals surface area contributed by atoms with Gasteiger partial charge in [-0.15, -0.1) is 11.3 Å². The molecule has 2 aliphatic rings. The van der Waals surface area contributed by atoms with E-state index in [9.17, 15) is 4.39 Å². The van der Waals surface area contributed by atoms with E-state index < -0.39 is 0 Å². The van der Waals surface area contributed by atoms with Gasteiger partial charge in [0.2, 0.25) is 0 Å². The van der Waals surface area contributed by atoms with Crippen LogP contribution in [0, 0.1) is 5.82 Å². The molecule has 0 saturated heterocycles. The molecule has 3 heteroatoms. The lowest BCUT2D eigenvalue weighted by Gasteiger charge is -2.36. The fraction of sp³-hybridized carbons (Fsp3) is 0.444. The molecule has 1 N–H and O–H groups in total. The molecule has 0 amide bonds. The van der Waals surface area contributed by atoms with Crippen molar-refractivity contribution in [2.45, 2.75) is 50.6 Å². The number of halogens is 1. The first-order chi connectivity index (χ1) is 10.3. The molecule has 0 unspecified atom stereocenters. The van der Waals surface area contributed by atoms with E-state index in [0.29, 0.717) is 12.0 Å². The molecular formula is C18H20FNS. The molecule has 0 spiro atoms. The van der Waals surface area contributed by atoms with Crippen molar-refractivity contribution in [3.8, 4) is 0 Å². The number of thiophene rings is 1. The van der Waals surface area contributed by atoms with Crippen LogP contribution in [0.1, 0.15) is 46.1 Å². The van der Waals surface area contributed by atoms with Crippen molar-refractivity contribution in [2.75, 3.05) is 0 Å². The highest BCUT2D eigenvalue weighted by molar-refractivity contribution is 7.12. The van der Waals surface area contributed by atoms with Gasteiger partial charge in [0.15, 0.2) is 0 Å². The largest absolute Gasteiger partial charge is 0.309 e.